The SMILES string of the molecule is Cc1cc(CC(=O)NC[C@H](O)C23CC4CC(CC(C4)C2)C3)on1. The third-order valence-electron chi connectivity index (χ3n) is 6.30. The Kier molecular flexibility index (Phi) is 3.71. The van der Waals surface area contributed by atoms with Crippen LogP contribution in [0.15, 0.2) is 10.6 Å². The molecule has 4 aliphatic rings. The van der Waals surface area contributed by atoms with Gasteiger partial charge in [-0.25, -0.2) is 0 Å². The first-order valence-electron chi connectivity index (χ1n) is 8.89. The van der Waals surface area contributed by atoms with Crippen LogP contribution in [0.2, 0.25) is 0 Å². The Morgan fingerprint density at radius 3 is 2.48 bits per heavy atom. The summed E-state index contributed by atoms with van der Waals surface area (Å²) in [6.45, 7) is 2.19. The first-order valence-corrected chi connectivity index (χ1v) is 8.89. The number of rotatable bonds is 5. The molecule has 23 heavy (non-hydrogen) atoms. The molecule has 0 aliphatic heterocycles. The number of nitrogens with one attached hydrogen (secondary N) is 1. The number of amides is 1. The lowest BCUT2D eigenvalue weighted by Crippen LogP contribution is -2.54. The summed E-state index contributed by atoms with van der Waals surface area (Å²) in [7, 11) is 0. The highest BCUT2D eigenvalue weighted by atomic mass is 16.5. The number of carbonyl (C=O) groups is 1. The fraction of sp³-hybridized carbons (Fsp3) is 0.778. The zero-order valence-electron chi connectivity index (χ0n) is 13.8. The smallest absolute Gasteiger partial charge is 0.227 e. The molecule has 5 heteroatoms. The van der Waals surface area contributed by atoms with Gasteiger partial charge in [-0.1, -0.05) is 5.16 Å². The standard InChI is InChI=1S/C18H26N2O3/c1-11-2-15(23-20-11)6-17(22)19-10-16(21)18-7-12-3-13(8-18)5-14(4-12)9-18/h2,12-14,16,21H,3-10H2,1H3,(H,19,22)/t12?,13?,14?,16-,18?/m0/s1. The van der Waals surface area contributed by atoms with Crippen molar-refractivity contribution < 1.29 is 14.4 Å². The van der Waals surface area contributed by atoms with E-state index in [1.165, 1.54) is 19.3 Å². The fourth-order valence-corrected chi connectivity index (χ4v) is 5.73. The van der Waals surface area contributed by atoms with Gasteiger partial charge in [0, 0.05) is 12.6 Å². The quantitative estimate of drug-likeness (QED) is 0.873. The predicted molar refractivity (Wildman–Crippen MR) is 84.6 cm³/mol. The monoisotopic (exact) mass is 318 g/mol. The van der Waals surface area contributed by atoms with E-state index in [1.54, 1.807) is 6.07 Å². The summed E-state index contributed by atoms with van der Waals surface area (Å²) in [5.41, 5.74) is 0.839. The van der Waals surface area contributed by atoms with Crippen LogP contribution >= 0.6 is 0 Å². The molecule has 1 amide bonds. The molecule has 0 spiro atoms. The summed E-state index contributed by atoms with van der Waals surface area (Å²) in [5.74, 6) is 2.89. The second-order valence-corrected chi connectivity index (χ2v) is 8.21. The van der Waals surface area contributed by atoms with Crippen LogP contribution in [0.4, 0.5) is 0 Å². The van der Waals surface area contributed by atoms with Crippen molar-refractivity contribution in [3.63, 3.8) is 0 Å². The van der Waals surface area contributed by atoms with E-state index in [0.717, 1.165) is 42.7 Å². The Morgan fingerprint density at radius 2 is 1.96 bits per heavy atom. The average molecular weight is 318 g/mol. The molecule has 5 rings (SSSR count). The Balaban J connectivity index is 1.33. The van der Waals surface area contributed by atoms with E-state index in [4.69, 9.17) is 4.52 Å². The highest BCUT2D eigenvalue weighted by Crippen LogP contribution is 2.61. The molecule has 4 saturated carbocycles. The molecule has 0 unspecified atom stereocenters. The van der Waals surface area contributed by atoms with E-state index in [9.17, 15) is 9.90 Å². The largest absolute Gasteiger partial charge is 0.391 e. The first kappa shape index (κ1) is 15.2. The number of aliphatic hydroxyl groups is 1. The maximum atomic E-state index is 12.0. The van der Waals surface area contributed by atoms with E-state index in [-0.39, 0.29) is 17.7 Å². The van der Waals surface area contributed by atoms with Gasteiger partial charge in [-0.15, -0.1) is 0 Å². The van der Waals surface area contributed by atoms with Crippen molar-refractivity contribution in [3.8, 4) is 0 Å². The Morgan fingerprint density at radius 1 is 1.35 bits per heavy atom. The lowest BCUT2D eigenvalue weighted by atomic mass is 9.48. The van der Waals surface area contributed by atoms with E-state index in [1.807, 2.05) is 6.92 Å². The number of hydrogen-bond donors (Lipinski definition) is 2. The summed E-state index contributed by atoms with van der Waals surface area (Å²) in [6, 6.07) is 1.77. The van der Waals surface area contributed by atoms with Crippen LogP contribution in [0.3, 0.4) is 0 Å². The van der Waals surface area contributed by atoms with Crippen molar-refractivity contribution in [2.45, 2.75) is 58.0 Å². The normalized spacial score (nSPS) is 36.2. The number of hydrogen-bond acceptors (Lipinski definition) is 4. The van der Waals surface area contributed by atoms with Gasteiger partial charge in [0.05, 0.1) is 18.2 Å². The number of aromatic nitrogens is 1. The lowest BCUT2D eigenvalue weighted by Gasteiger charge is -2.58. The molecule has 4 fully saturated rings. The second kappa shape index (κ2) is 5.62. The van der Waals surface area contributed by atoms with Crippen LogP contribution in [0.1, 0.15) is 50.0 Å². The van der Waals surface area contributed by atoms with Crippen LogP contribution in [0.5, 0.6) is 0 Å². The van der Waals surface area contributed by atoms with E-state index in [0.29, 0.717) is 12.3 Å². The van der Waals surface area contributed by atoms with Crippen molar-refractivity contribution in [1.29, 1.82) is 0 Å². The molecule has 2 N–H and O–H groups in total. The van der Waals surface area contributed by atoms with Crippen LogP contribution < -0.4 is 5.32 Å². The summed E-state index contributed by atoms with van der Waals surface area (Å²) in [6.07, 6.45) is 7.31. The fourth-order valence-electron chi connectivity index (χ4n) is 5.73. The van der Waals surface area contributed by atoms with Crippen LogP contribution in [0.25, 0.3) is 0 Å². The van der Waals surface area contributed by atoms with Gasteiger partial charge in [-0.05, 0) is 68.6 Å². The molecule has 0 aromatic carbocycles. The minimum atomic E-state index is -0.420. The number of carbonyl (C=O) groups excluding carboxylic acids is 1. The minimum Gasteiger partial charge on any atom is -0.391 e. The second-order valence-electron chi connectivity index (χ2n) is 8.21. The summed E-state index contributed by atoms with van der Waals surface area (Å²) in [5, 5.41) is 17.5. The molecule has 5 nitrogen and oxygen atoms in total. The predicted octanol–water partition coefficient (Wildman–Crippen LogP) is 2.22. The van der Waals surface area contributed by atoms with Gasteiger partial charge >= 0.3 is 0 Å². The third-order valence-corrected chi connectivity index (χ3v) is 6.30. The van der Waals surface area contributed by atoms with Gasteiger partial charge in [0.15, 0.2) is 0 Å². The first-order chi connectivity index (χ1) is 11.0. The molecular weight excluding hydrogens is 292 g/mol. The van der Waals surface area contributed by atoms with E-state index >= 15 is 0 Å². The summed E-state index contributed by atoms with van der Waals surface area (Å²) < 4.78 is 5.07. The molecule has 1 atom stereocenters. The highest BCUT2D eigenvalue weighted by molar-refractivity contribution is 5.77. The molecule has 4 bridgehead atoms. The number of aliphatic hydroxyl groups excluding tert-OH is 1. The Bertz CT molecular complexity index is 560. The summed E-state index contributed by atoms with van der Waals surface area (Å²) in [4.78, 5) is 12.0. The van der Waals surface area contributed by atoms with Crippen LogP contribution in [0, 0.1) is 30.1 Å². The van der Waals surface area contributed by atoms with Crippen LogP contribution in [-0.4, -0.2) is 28.8 Å². The van der Waals surface area contributed by atoms with Gasteiger partial charge < -0.3 is 14.9 Å². The minimum absolute atomic E-state index is 0.0604. The molecule has 1 aromatic rings. The number of aryl methyl sites for hydroxylation is 1. The van der Waals surface area contributed by atoms with Crippen molar-refractivity contribution in [2.24, 2.45) is 23.2 Å². The average Bonchev–Trinajstić information content (AvgIpc) is 2.88. The molecule has 1 aromatic heterocycles. The summed E-state index contributed by atoms with van der Waals surface area (Å²) >= 11 is 0. The van der Waals surface area contributed by atoms with Gasteiger partial charge in [0.2, 0.25) is 5.91 Å². The third kappa shape index (κ3) is 2.91. The topological polar surface area (TPSA) is 75.4 Å². The highest BCUT2D eigenvalue weighted by Gasteiger charge is 2.53. The zero-order chi connectivity index (χ0) is 16.0. The van der Waals surface area contributed by atoms with Gasteiger partial charge in [0.1, 0.15) is 5.76 Å². The van der Waals surface area contributed by atoms with Gasteiger partial charge in [-0.3, -0.25) is 4.79 Å². The van der Waals surface area contributed by atoms with Gasteiger partial charge in [-0.2, -0.15) is 0 Å². The molecule has 0 radical (unpaired) electrons. The van der Waals surface area contributed by atoms with E-state index < -0.39 is 6.10 Å². The lowest BCUT2D eigenvalue weighted by molar-refractivity contribution is -0.128. The van der Waals surface area contributed by atoms with E-state index in [2.05, 4.69) is 10.5 Å². The maximum absolute atomic E-state index is 12.0. The molecule has 126 valence electrons. The maximum Gasteiger partial charge on any atom is 0.227 e. The molecular formula is C18H26N2O3. The van der Waals surface area contributed by atoms with Crippen LogP contribution in [-0.2, 0) is 11.2 Å². The Hall–Kier alpha value is -1.36. The molecule has 0 saturated heterocycles. The van der Waals surface area contributed by atoms with Gasteiger partial charge in [0.25, 0.3) is 0 Å². The van der Waals surface area contributed by atoms with Crippen molar-refractivity contribution in [1.82, 2.24) is 10.5 Å². The van der Waals surface area contributed by atoms with Crippen molar-refractivity contribution in [2.75, 3.05) is 6.54 Å². The Labute approximate surface area is 136 Å². The number of nitrogens with zero attached hydrogens (tertiary/aromatic N) is 1. The van der Waals surface area contributed by atoms with Crippen molar-refractivity contribution >= 4 is 5.91 Å². The molecule has 4 aliphatic carbocycles. The zero-order valence-corrected chi connectivity index (χ0v) is 13.8. The molecule has 1 heterocycles. The van der Waals surface area contributed by atoms with Crippen molar-refractivity contribution in [3.05, 3.63) is 17.5 Å².